The predicted molar refractivity (Wildman–Crippen MR) is 85.8 cm³/mol. The zero-order valence-electron chi connectivity index (χ0n) is 13.3. The monoisotopic (exact) mass is 315 g/mol. The number of aliphatic hydroxyl groups excluding tert-OH is 1. The van der Waals surface area contributed by atoms with Crippen molar-refractivity contribution in [1.29, 1.82) is 0 Å². The first-order chi connectivity index (χ1) is 11.1. The van der Waals surface area contributed by atoms with Crippen molar-refractivity contribution in [1.82, 2.24) is 19.9 Å². The van der Waals surface area contributed by atoms with E-state index >= 15 is 0 Å². The van der Waals surface area contributed by atoms with Crippen molar-refractivity contribution in [3.8, 4) is 0 Å². The van der Waals surface area contributed by atoms with Crippen molar-refractivity contribution in [3.05, 3.63) is 18.1 Å². The number of piperidine rings is 1. The molecule has 1 saturated carbocycles. The number of anilines is 1. The van der Waals surface area contributed by atoms with Crippen LogP contribution in [0.1, 0.15) is 12.7 Å². The molecule has 122 valence electrons. The number of aryl methyl sites for hydroxylation is 1. The van der Waals surface area contributed by atoms with E-state index in [-0.39, 0.29) is 12.5 Å². The lowest BCUT2D eigenvalue weighted by Crippen LogP contribution is -2.35. The second-order valence-corrected chi connectivity index (χ2v) is 6.65. The summed E-state index contributed by atoms with van der Waals surface area (Å²) in [6.45, 7) is 5.22. The highest BCUT2D eigenvalue weighted by atomic mass is 16.3. The lowest BCUT2D eigenvalue weighted by molar-refractivity contribution is -0.133. The van der Waals surface area contributed by atoms with Crippen LogP contribution in [0.5, 0.6) is 0 Å². The maximum atomic E-state index is 11.5. The molecule has 1 aliphatic carbocycles. The minimum Gasteiger partial charge on any atom is -0.387 e. The molecule has 23 heavy (non-hydrogen) atoms. The summed E-state index contributed by atoms with van der Waals surface area (Å²) in [7, 11) is 0. The van der Waals surface area contributed by atoms with Crippen LogP contribution in [-0.2, 0) is 4.79 Å². The van der Waals surface area contributed by atoms with Gasteiger partial charge in [-0.1, -0.05) is 0 Å². The molecular formula is C16H21N5O2. The Labute approximate surface area is 134 Å². The Balaban J connectivity index is 1.45. The number of hydrogen-bond donors (Lipinski definition) is 3. The van der Waals surface area contributed by atoms with Crippen molar-refractivity contribution in [2.75, 3.05) is 25.0 Å². The Bertz CT molecular complexity index is 746. The Morgan fingerprint density at radius 2 is 2.22 bits per heavy atom. The molecule has 0 radical (unpaired) electrons. The number of carbonyl (C=O) groups is 1. The highest BCUT2D eigenvalue weighted by Crippen LogP contribution is 2.54. The molecule has 3 heterocycles. The summed E-state index contributed by atoms with van der Waals surface area (Å²) in [5.74, 6) is 3.09. The SMILES string of the molecule is Cc1nc(N[C@H](C)C2[C@H]3CN(C(=O)CO)C[C@@H]23)c2cc[nH]c2n1. The maximum absolute atomic E-state index is 11.5. The summed E-state index contributed by atoms with van der Waals surface area (Å²) in [4.78, 5) is 25.4. The van der Waals surface area contributed by atoms with E-state index in [2.05, 4.69) is 27.2 Å². The number of amides is 1. The van der Waals surface area contributed by atoms with Gasteiger partial charge in [-0.15, -0.1) is 0 Å². The second kappa shape index (κ2) is 5.19. The van der Waals surface area contributed by atoms with Gasteiger partial charge in [-0.05, 0) is 37.7 Å². The van der Waals surface area contributed by atoms with Gasteiger partial charge in [0.1, 0.15) is 23.9 Å². The molecule has 1 amide bonds. The molecule has 1 aliphatic heterocycles. The first-order valence-electron chi connectivity index (χ1n) is 8.05. The van der Waals surface area contributed by atoms with Crippen molar-refractivity contribution < 1.29 is 9.90 Å². The van der Waals surface area contributed by atoms with Crippen LogP contribution in [-0.4, -0.2) is 56.6 Å². The molecule has 1 saturated heterocycles. The highest BCUT2D eigenvalue weighted by molar-refractivity contribution is 5.87. The number of likely N-dealkylation sites (tertiary alicyclic amines) is 1. The van der Waals surface area contributed by atoms with Gasteiger partial charge < -0.3 is 20.3 Å². The molecule has 0 spiro atoms. The molecule has 2 aromatic rings. The van der Waals surface area contributed by atoms with Gasteiger partial charge in [0.2, 0.25) is 5.91 Å². The van der Waals surface area contributed by atoms with Crippen LogP contribution in [0.3, 0.4) is 0 Å². The Morgan fingerprint density at radius 1 is 1.48 bits per heavy atom. The minimum absolute atomic E-state index is 0.156. The molecule has 7 heteroatoms. The fourth-order valence-electron chi connectivity index (χ4n) is 4.09. The van der Waals surface area contributed by atoms with E-state index < -0.39 is 0 Å². The highest BCUT2D eigenvalue weighted by Gasteiger charge is 2.58. The second-order valence-electron chi connectivity index (χ2n) is 6.65. The Kier molecular flexibility index (Phi) is 3.26. The number of fused-ring (bicyclic) bond motifs is 2. The molecule has 2 aromatic heterocycles. The van der Waals surface area contributed by atoms with Crippen molar-refractivity contribution in [2.45, 2.75) is 19.9 Å². The van der Waals surface area contributed by atoms with Crippen LogP contribution in [0.4, 0.5) is 5.82 Å². The Hall–Kier alpha value is -2.15. The van der Waals surface area contributed by atoms with E-state index in [9.17, 15) is 4.79 Å². The van der Waals surface area contributed by atoms with Crippen LogP contribution in [0.15, 0.2) is 12.3 Å². The number of nitrogens with zero attached hydrogens (tertiary/aromatic N) is 3. The van der Waals surface area contributed by atoms with Gasteiger partial charge in [-0.3, -0.25) is 4.79 Å². The molecule has 0 bridgehead atoms. The van der Waals surface area contributed by atoms with Gasteiger partial charge in [0.25, 0.3) is 0 Å². The zero-order chi connectivity index (χ0) is 16.1. The summed E-state index contributed by atoms with van der Waals surface area (Å²) >= 11 is 0. The lowest BCUT2D eigenvalue weighted by atomic mass is 10.1. The number of hydrogen-bond acceptors (Lipinski definition) is 5. The van der Waals surface area contributed by atoms with Crippen LogP contribution >= 0.6 is 0 Å². The molecule has 4 atom stereocenters. The predicted octanol–water partition coefficient (Wildman–Crippen LogP) is 0.763. The van der Waals surface area contributed by atoms with E-state index in [1.807, 2.05) is 19.2 Å². The van der Waals surface area contributed by atoms with Gasteiger partial charge in [-0.25, -0.2) is 9.97 Å². The van der Waals surface area contributed by atoms with Gasteiger partial charge in [0, 0.05) is 25.3 Å². The van der Waals surface area contributed by atoms with Crippen LogP contribution in [0, 0.1) is 24.7 Å². The first kappa shape index (κ1) is 14.4. The average molecular weight is 315 g/mol. The number of H-pyrrole nitrogens is 1. The average Bonchev–Trinajstić information content (AvgIpc) is 2.91. The van der Waals surface area contributed by atoms with Gasteiger partial charge >= 0.3 is 0 Å². The summed E-state index contributed by atoms with van der Waals surface area (Å²) in [5.41, 5.74) is 0.850. The molecule has 4 rings (SSSR count). The number of rotatable bonds is 4. The number of aliphatic hydroxyl groups is 1. The zero-order valence-corrected chi connectivity index (χ0v) is 13.3. The third-order valence-electron chi connectivity index (χ3n) is 5.22. The standard InChI is InChI=1S/C16H21N5O2/c1-8(14-11-5-21(6-12(11)14)13(23)7-22)18-16-10-3-4-17-15(10)19-9(2)20-16/h3-4,8,11-12,14,22H,5-7H2,1-2H3,(H2,17,18,19,20)/t8-,11-,12+,14?/m1/s1. The number of carbonyl (C=O) groups excluding carboxylic acids is 1. The molecular weight excluding hydrogens is 294 g/mol. The summed E-state index contributed by atoms with van der Waals surface area (Å²) in [6, 6.07) is 2.28. The van der Waals surface area contributed by atoms with Crippen LogP contribution < -0.4 is 5.32 Å². The summed E-state index contributed by atoms with van der Waals surface area (Å²) in [5, 5.41) is 13.5. The first-order valence-corrected chi connectivity index (χ1v) is 8.05. The van der Waals surface area contributed by atoms with Gasteiger partial charge in [0.15, 0.2) is 0 Å². The smallest absolute Gasteiger partial charge is 0.248 e. The van der Waals surface area contributed by atoms with E-state index in [1.54, 1.807) is 4.90 Å². The molecule has 1 unspecified atom stereocenters. The molecule has 0 aromatic carbocycles. The van der Waals surface area contributed by atoms with Crippen LogP contribution in [0.2, 0.25) is 0 Å². The number of nitrogens with one attached hydrogen (secondary N) is 2. The molecule has 2 fully saturated rings. The van der Waals surface area contributed by atoms with Gasteiger partial charge in [-0.2, -0.15) is 0 Å². The summed E-state index contributed by atoms with van der Waals surface area (Å²) < 4.78 is 0. The summed E-state index contributed by atoms with van der Waals surface area (Å²) in [6.07, 6.45) is 1.87. The van der Waals surface area contributed by atoms with E-state index in [0.717, 1.165) is 35.8 Å². The topological polar surface area (TPSA) is 94.1 Å². The van der Waals surface area contributed by atoms with Crippen molar-refractivity contribution in [3.63, 3.8) is 0 Å². The van der Waals surface area contributed by atoms with E-state index in [1.165, 1.54) is 0 Å². The van der Waals surface area contributed by atoms with E-state index in [0.29, 0.717) is 23.8 Å². The van der Waals surface area contributed by atoms with Crippen molar-refractivity contribution in [2.24, 2.45) is 17.8 Å². The quantitative estimate of drug-likeness (QED) is 0.774. The fourth-order valence-corrected chi connectivity index (χ4v) is 4.09. The normalized spacial score (nSPS) is 27.1. The largest absolute Gasteiger partial charge is 0.387 e. The molecule has 7 nitrogen and oxygen atoms in total. The minimum atomic E-state index is -0.385. The number of aromatic amines is 1. The lowest BCUT2D eigenvalue weighted by Gasteiger charge is -2.22. The number of aromatic nitrogens is 3. The van der Waals surface area contributed by atoms with E-state index in [4.69, 9.17) is 5.11 Å². The molecule has 2 aliphatic rings. The van der Waals surface area contributed by atoms with Gasteiger partial charge in [0.05, 0.1) is 5.39 Å². The molecule has 3 N–H and O–H groups in total. The maximum Gasteiger partial charge on any atom is 0.248 e. The van der Waals surface area contributed by atoms with Crippen LogP contribution in [0.25, 0.3) is 11.0 Å². The Morgan fingerprint density at radius 3 is 2.91 bits per heavy atom. The van der Waals surface area contributed by atoms with Crippen molar-refractivity contribution >= 4 is 22.8 Å². The third-order valence-corrected chi connectivity index (χ3v) is 5.22. The fraction of sp³-hybridized carbons (Fsp3) is 0.562. The third kappa shape index (κ3) is 2.35.